The Labute approximate surface area is 159 Å². The van der Waals surface area contributed by atoms with Gasteiger partial charge in [0, 0.05) is 0 Å². The zero-order valence-electron chi connectivity index (χ0n) is 18.1. The van der Waals surface area contributed by atoms with Gasteiger partial charge in [-0.3, -0.25) is 4.79 Å². The first-order valence-electron chi connectivity index (χ1n) is 9.43. The van der Waals surface area contributed by atoms with E-state index >= 15 is 0 Å². The van der Waals surface area contributed by atoms with Crippen LogP contribution in [0.2, 0.25) is 0 Å². The Kier molecular flexibility index (Phi) is 9.61. The Hall–Kier alpha value is -1.84. The Bertz CT molecular complexity index is 578. The molecule has 0 bridgehead atoms. The normalized spacial score (nSPS) is 11.1. The summed E-state index contributed by atoms with van der Waals surface area (Å²) in [5.74, 6) is -0.242. The monoisotopic (exact) mass is 364 g/mol. The number of hydrogen-bond donors (Lipinski definition) is 0. The van der Waals surface area contributed by atoms with Crippen molar-refractivity contribution in [2.24, 2.45) is 0 Å². The van der Waals surface area contributed by atoms with Crippen molar-refractivity contribution in [1.82, 2.24) is 0 Å². The second-order valence-corrected chi connectivity index (χ2v) is 7.70. The summed E-state index contributed by atoms with van der Waals surface area (Å²) in [6, 6.07) is 3.67. The van der Waals surface area contributed by atoms with Crippen LogP contribution in [-0.2, 0) is 20.7 Å². The number of esters is 2. The largest absolute Gasteiger partial charge is 0.465 e. The standard InChI is InChI=1S/C20H30O4.C2H6/c1-12(2)15-9-14(19(22)23-8)10-16(13(3)4)17(15)11-18(21)24-20(5,6)7;1-2/h9-10,12-13H,11H2,1-8H3;1-2H3. The highest BCUT2D eigenvalue weighted by Crippen LogP contribution is 2.31. The average Bonchev–Trinajstić information content (AvgIpc) is 2.53. The Morgan fingerprint density at radius 1 is 0.962 bits per heavy atom. The summed E-state index contributed by atoms with van der Waals surface area (Å²) in [5.41, 5.74) is 2.96. The lowest BCUT2D eigenvalue weighted by Crippen LogP contribution is -2.25. The lowest BCUT2D eigenvalue weighted by molar-refractivity contribution is -0.153. The van der Waals surface area contributed by atoms with Crippen LogP contribution in [0.5, 0.6) is 0 Å². The fourth-order valence-electron chi connectivity index (χ4n) is 2.71. The molecule has 0 aliphatic heterocycles. The third-order valence-corrected chi connectivity index (χ3v) is 3.73. The number of rotatable bonds is 5. The van der Waals surface area contributed by atoms with Gasteiger partial charge < -0.3 is 9.47 Å². The minimum Gasteiger partial charge on any atom is -0.465 e. The number of ether oxygens (including phenoxy) is 2. The highest BCUT2D eigenvalue weighted by Gasteiger charge is 2.23. The van der Waals surface area contributed by atoms with Crippen molar-refractivity contribution in [3.63, 3.8) is 0 Å². The van der Waals surface area contributed by atoms with E-state index in [1.165, 1.54) is 7.11 Å². The number of carbonyl (C=O) groups is 2. The van der Waals surface area contributed by atoms with Gasteiger partial charge in [0.15, 0.2) is 0 Å². The molecule has 0 saturated carbocycles. The lowest BCUT2D eigenvalue weighted by Gasteiger charge is -2.23. The molecular weight excluding hydrogens is 328 g/mol. The van der Waals surface area contributed by atoms with Gasteiger partial charge in [-0.25, -0.2) is 4.79 Å². The second-order valence-electron chi connectivity index (χ2n) is 7.70. The van der Waals surface area contributed by atoms with Gasteiger partial charge in [0.1, 0.15) is 5.60 Å². The maximum absolute atomic E-state index is 12.3. The SMILES string of the molecule is CC.COC(=O)c1cc(C(C)C)c(CC(=O)OC(C)(C)C)c(C(C)C)c1. The van der Waals surface area contributed by atoms with Gasteiger partial charge >= 0.3 is 11.9 Å². The molecule has 0 N–H and O–H groups in total. The van der Waals surface area contributed by atoms with Gasteiger partial charge in [0.05, 0.1) is 19.1 Å². The highest BCUT2D eigenvalue weighted by atomic mass is 16.6. The first-order chi connectivity index (χ1) is 12.0. The van der Waals surface area contributed by atoms with Crippen molar-refractivity contribution in [1.29, 1.82) is 0 Å². The fraction of sp³-hybridized carbons (Fsp3) is 0.636. The maximum atomic E-state index is 12.3. The average molecular weight is 365 g/mol. The number of benzene rings is 1. The molecule has 1 aromatic carbocycles. The summed E-state index contributed by atoms with van der Waals surface area (Å²) >= 11 is 0. The molecule has 0 aliphatic rings. The molecule has 148 valence electrons. The van der Waals surface area contributed by atoms with Crippen LogP contribution in [-0.4, -0.2) is 24.6 Å². The molecule has 0 atom stereocenters. The summed E-state index contributed by atoms with van der Waals surface area (Å²) in [5, 5.41) is 0. The fourth-order valence-corrected chi connectivity index (χ4v) is 2.71. The second kappa shape index (κ2) is 10.3. The van der Waals surface area contributed by atoms with Gasteiger partial charge in [-0.2, -0.15) is 0 Å². The van der Waals surface area contributed by atoms with Crippen LogP contribution < -0.4 is 0 Å². The molecule has 0 aliphatic carbocycles. The smallest absolute Gasteiger partial charge is 0.337 e. The predicted molar refractivity (Wildman–Crippen MR) is 107 cm³/mol. The third-order valence-electron chi connectivity index (χ3n) is 3.73. The Morgan fingerprint density at radius 2 is 1.38 bits per heavy atom. The molecule has 26 heavy (non-hydrogen) atoms. The van der Waals surface area contributed by atoms with E-state index in [1.807, 2.05) is 46.8 Å². The molecule has 0 aromatic heterocycles. The first-order valence-corrected chi connectivity index (χ1v) is 9.43. The minimum atomic E-state index is -0.515. The number of carbonyl (C=O) groups excluding carboxylic acids is 2. The number of hydrogen-bond acceptors (Lipinski definition) is 4. The van der Waals surface area contributed by atoms with Crippen LogP contribution in [0.3, 0.4) is 0 Å². The van der Waals surface area contributed by atoms with Gasteiger partial charge in [-0.15, -0.1) is 0 Å². The molecule has 0 unspecified atom stereocenters. The lowest BCUT2D eigenvalue weighted by atomic mass is 9.85. The van der Waals surface area contributed by atoms with Crippen molar-refractivity contribution >= 4 is 11.9 Å². The zero-order chi connectivity index (χ0) is 20.7. The molecule has 0 saturated heterocycles. The predicted octanol–water partition coefficient (Wildman–Crippen LogP) is 5.63. The Balaban J connectivity index is 0.00000301. The summed E-state index contributed by atoms with van der Waals surface area (Å²) in [4.78, 5) is 24.3. The van der Waals surface area contributed by atoms with Crippen molar-refractivity contribution in [2.45, 2.75) is 86.2 Å². The van der Waals surface area contributed by atoms with Crippen LogP contribution in [0.4, 0.5) is 0 Å². The molecule has 4 nitrogen and oxygen atoms in total. The number of methoxy groups -OCH3 is 1. The van der Waals surface area contributed by atoms with Crippen LogP contribution in [0.1, 0.15) is 101 Å². The Morgan fingerprint density at radius 3 is 1.69 bits per heavy atom. The molecule has 0 heterocycles. The molecule has 0 amide bonds. The molecule has 0 fully saturated rings. The van der Waals surface area contributed by atoms with E-state index in [9.17, 15) is 9.59 Å². The van der Waals surface area contributed by atoms with E-state index in [2.05, 4.69) is 27.7 Å². The van der Waals surface area contributed by atoms with E-state index in [1.54, 1.807) is 0 Å². The van der Waals surface area contributed by atoms with Crippen molar-refractivity contribution in [3.05, 3.63) is 34.4 Å². The maximum Gasteiger partial charge on any atom is 0.337 e. The molecular formula is C22H36O4. The van der Waals surface area contributed by atoms with Crippen molar-refractivity contribution in [3.8, 4) is 0 Å². The van der Waals surface area contributed by atoms with E-state index < -0.39 is 5.60 Å². The molecule has 0 spiro atoms. The zero-order valence-corrected chi connectivity index (χ0v) is 18.1. The van der Waals surface area contributed by atoms with Crippen molar-refractivity contribution in [2.75, 3.05) is 7.11 Å². The summed E-state index contributed by atoms with van der Waals surface area (Å²) in [6.07, 6.45) is 0.208. The van der Waals surface area contributed by atoms with Crippen LogP contribution in [0.15, 0.2) is 12.1 Å². The third kappa shape index (κ3) is 7.19. The molecule has 1 rings (SSSR count). The van der Waals surface area contributed by atoms with Crippen LogP contribution in [0.25, 0.3) is 0 Å². The summed E-state index contributed by atoms with van der Waals surface area (Å²) < 4.78 is 10.3. The van der Waals surface area contributed by atoms with Crippen molar-refractivity contribution < 1.29 is 19.1 Å². The van der Waals surface area contributed by atoms with Gasteiger partial charge in [-0.05, 0) is 61.4 Å². The quantitative estimate of drug-likeness (QED) is 0.635. The van der Waals surface area contributed by atoms with E-state index in [4.69, 9.17) is 9.47 Å². The first kappa shape index (κ1) is 24.2. The van der Waals surface area contributed by atoms with E-state index in [0.717, 1.165) is 16.7 Å². The molecule has 4 heteroatoms. The van der Waals surface area contributed by atoms with E-state index in [-0.39, 0.29) is 30.2 Å². The van der Waals surface area contributed by atoms with Crippen LogP contribution >= 0.6 is 0 Å². The van der Waals surface area contributed by atoms with Gasteiger partial charge in [0.2, 0.25) is 0 Å². The van der Waals surface area contributed by atoms with Gasteiger partial charge in [-0.1, -0.05) is 41.5 Å². The highest BCUT2D eigenvalue weighted by molar-refractivity contribution is 5.90. The summed E-state index contributed by atoms with van der Waals surface area (Å²) in [7, 11) is 1.38. The summed E-state index contributed by atoms with van der Waals surface area (Å²) in [6.45, 7) is 17.8. The van der Waals surface area contributed by atoms with E-state index in [0.29, 0.717) is 5.56 Å². The molecule has 1 aromatic rings. The van der Waals surface area contributed by atoms with Gasteiger partial charge in [0.25, 0.3) is 0 Å². The topological polar surface area (TPSA) is 52.6 Å². The van der Waals surface area contributed by atoms with Crippen LogP contribution in [0, 0.1) is 0 Å². The molecule has 0 radical (unpaired) electrons. The minimum absolute atomic E-state index is 0.185.